The minimum Gasteiger partial charge on any atom is -0.308 e. The molecule has 1 aliphatic carbocycles. The van der Waals surface area contributed by atoms with Gasteiger partial charge in [0.05, 0.1) is 0 Å². The standard InChI is InChI=1S/C15H23N/c1-11-4-8-15(9-5-11)13(3)16-12(2)10-14-6-7-14/h4-5,8-9,12-14,16H,6-7,10H2,1-3H3. The molecule has 2 unspecified atom stereocenters. The van der Waals surface area contributed by atoms with E-state index in [0.29, 0.717) is 12.1 Å². The van der Waals surface area contributed by atoms with Gasteiger partial charge in [-0.1, -0.05) is 42.7 Å². The lowest BCUT2D eigenvalue weighted by molar-refractivity contribution is 0.438. The van der Waals surface area contributed by atoms with Gasteiger partial charge in [-0.15, -0.1) is 0 Å². The minimum atomic E-state index is 0.467. The van der Waals surface area contributed by atoms with E-state index in [4.69, 9.17) is 0 Å². The molecule has 0 heterocycles. The first-order chi connectivity index (χ1) is 7.65. The van der Waals surface area contributed by atoms with Crippen LogP contribution in [0.15, 0.2) is 24.3 Å². The van der Waals surface area contributed by atoms with Crippen LogP contribution in [-0.4, -0.2) is 6.04 Å². The largest absolute Gasteiger partial charge is 0.308 e. The molecule has 0 saturated heterocycles. The van der Waals surface area contributed by atoms with E-state index in [1.807, 2.05) is 0 Å². The molecule has 0 amide bonds. The fraction of sp³-hybridized carbons (Fsp3) is 0.600. The van der Waals surface area contributed by atoms with Crippen molar-refractivity contribution in [2.45, 2.75) is 52.1 Å². The summed E-state index contributed by atoms with van der Waals surface area (Å²) in [7, 11) is 0. The molecule has 1 heteroatoms. The fourth-order valence-corrected chi connectivity index (χ4v) is 2.30. The highest BCUT2D eigenvalue weighted by Crippen LogP contribution is 2.33. The molecule has 0 bridgehead atoms. The van der Waals surface area contributed by atoms with Gasteiger partial charge in [0.25, 0.3) is 0 Å². The van der Waals surface area contributed by atoms with Crippen molar-refractivity contribution in [1.29, 1.82) is 0 Å². The van der Waals surface area contributed by atoms with Crippen LogP contribution in [0.5, 0.6) is 0 Å². The van der Waals surface area contributed by atoms with Crippen LogP contribution < -0.4 is 5.32 Å². The normalized spacial score (nSPS) is 19.4. The van der Waals surface area contributed by atoms with E-state index < -0.39 is 0 Å². The lowest BCUT2D eigenvalue weighted by Crippen LogP contribution is -2.29. The van der Waals surface area contributed by atoms with Gasteiger partial charge in [-0.05, 0) is 38.7 Å². The summed E-state index contributed by atoms with van der Waals surface area (Å²) >= 11 is 0. The number of benzene rings is 1. The quantitative estimate of drug-likeness (QED) is 0.790. The van der Waals surface area contributed by atoms with Gasteiger partial charge in [0.1, 0.15) is 0 Å². The van der Waals surface area contributed by atoms with Crippen molar-refractivity contribution in [3.05, 3.63) is 35.4 Å². The van der Waals surface area contributed by atoms with Crippen LogP contribution in [0.3, 0.4) is 0 Å². The van der Waals surface area contributed by atoms with E-state index in [9.17, 15) is 0 Å². The van der Waals surface area contributed by atoms with Crippen LogP contribution in [0, 0.1) is 12.8 Å². The molecule has 88 valence electrons. The van der Waals surface area contributed by atoms with Gasteiger partial charge < -0.3 is 5.32 Å². The molecule has 0 radical (unpaired) electrons. The van der Waals surface area contributed by atoms with Gasteiger partial charge >= 0.3 is 0 Å². The molecule has 0 aromatic heterocycles. The van der Waals surface area contributed by atoms with Crippen LogP contribution in [0.4, 0.5) is 0 Å². The summed E-state index contributed by atoms with van der Waals surface area (Å²) in [6.07, 6.45) is 4.24. The molecule has 1 fully saturated rings. The summed E-state index contributed by atoms with van der Waals surface area (Å²) in [6.45, 7) is 6.70. The van der Waals surface area contributed by atoms with E-state index >= 15 is 0 Å². The summed E-state index contributed by atoms with van der Waals surface area (Å²) in [6, 6.07) is 9.96. The van der Waals surface area contributed by atoms with Crippen molar-refractivity contribution >= 4 is 0 Å². The Kier molecular flexibility index (Phi) is 3.65. The van der Waals surface area contributed by atoms with Crippen molar-refractivity contribution in [3.8, 4) is 0 Å². The van der Waals surface area contributed by atoms with Gasteiger partial charge in [-0.3, -0.25) is 0 Å². The zero-order chi connectivity index (χ0) is 11.5. The second kappa shape index (κ2) is 5.01. The number of rotatable bonds is 5. The van der Waals surface area contributed by atoms with Crippen molar-refractivity contribution < 1.29 is 0 Å². The molecule has 0 aliphatic heterocycles. The van der Waals surface area contributed by atoms with Crippen LogP contribution in [0.2, 0.25) is 0 Å². The summed E-state index contributed by atoms with van der Waals surface area (Å²) in [4.78, 5) is 0. The maximum Gasteiger partial charge on any atom is 0.0294 e. The number of nitrogens with one attached hydrogen (secondary N) is 1. The minimum absolute atomic E-state index is 0.467. The van der Waals surface area contributed by atoms with E-state index in [1.54, 1.807) is 0 Å². The van der Waals surface area contributed by atoms with Gasteiger partial charge in [0, 0.05) is 12.1 Å². The average Bonchev–Trinajstić information content (AvgIpc) is 3.02. The lowest BCUT2D eigenvalue weighted by atomic mass is 10.0. The first-order valence-electron chi connectivity index (χ1n) is 6.48. The molecular weight excluding hydrogens is 194 g/mol. The number of aryl methyl sites for hydroxylation is 1. The summed E-state index contributed by atoms with van der Waals surface area (Å²) in [5.74, 6) is 1.01. The van der Waals surface area contributed by atoms with Crippen molar-refractivity contribution in [2.75, 3.05) is 0 Å². The molecule has 1 saturated carbocycles. The van der Waals surface area contributed by atoms with Gasteiger partial charge in [-0.25, -0.2) is 0 Å². The zero-order valence-electron chi connectivity index (χ0n) is 10.7. The zero-order valence-corrected chi connectivity index (χ0v) is 10.7. The van der Waals surface area contributed by atoms with E-state index in [-0.39, 0.29) is 0 Å². The highest BCUT2D eigenvalue weighted by molar-refractivity contribution is 5.23. The van der Waals surface area contributed by atoms with E-state index in [2.05, 4.69) is 50.4 Å². The van der Waals surface area contributed by atoms with Crippen molar-refractivity contribution in [3.63, 3.8) is 0 Å². The Morgan fingerprint density at radius 1 is 1.19 bits per heavy atom. The second-order valence-electron chi connectivity index (χ2n) is 5.38. The Morgan fingerprint density at radius 2 is 1.81 bits per heavy atom. The SMILES string of the molecule is Cc1ccc(C(C)NC(C)CC2CC2)cc1. The van der Waals surface area contributed by atoms with Gasteiger partial charge in [0.15, 0.2) is 0 Å². The highest BCUT2D eigenvalue weighted by Gasteiger charge is 2.24. The Morgan fingerprint density at radius 3 is 2.38 bits per heavy atom. The molecule has 2 rings (SSSR count). The molecule has 1 aromatic carbocycles. The molecule has 1 aromatic rings. The summed E-state index contributed by atoms with van der Waals surface area (Å²) in [5.41, 5.74) is 2.73. The molecule has 1 N–H and O–H groups in total. The third-order valence-corrected chi connectivity index (χ3v) is 3.50. The fourth-order valence-electron chi connectivity index (χ4n) is 2.30. The van der Waals surface area contributed by atoms with Crippen molar-refractivity contribution in [2.24, 2.45) is 5.92 Å². The molecule has 1 nitrogen and oxygen atoms in total. The Bertz CT molecular complexity index is 324. The third-order valence-electron chi connectivity index (χ3n) is 3.50. The maximum atomic E-state index is 3.69. The number of hydrogen-bond donors (Lipinski definition) is 1. The Labute approximate surface area is 99.3 Å². The molecule has 16 heavy (non-hydrogen) atoms. The maximum absolute atomic E-state index is 3.69. The predicted molar refractivity (Wildman–Crippen MR) is 69.5 cm³/mol. The van der Waals surface area contributed by atoms with Crippen molar-refractivity contribution in [1.82, 2.24) is 5.32 Å². The van der Waals surface area contributed by atoms with Gasteiger partial charge in [0.2, 0.25) is 0 Å². The third kappa shape index (κ3) is 3.34. The molecule has 0 spiro atoms. The smallest absolute Gasteiger partial charge is 0.0294 e. The predicted octanol–water partition coefficient (Wildman–Crippen LogP) is 3.83. The van der Waals surface area contributed by atoms with E-state index in [0.717, 1.165) is 5.92 Å². The highest BCUT2D eigenvalue weighted by atomic mass is 14.9. The molecular formula is C15H23N. The van der Waals surface area contributed by atoms with Crippen LogP contribution in [-0.2, 0) is 0 Å². The summed E-state index contributed by atoms with van der Waals surface area (Å²) in [5, 5.41) is 3.69. The van der Waals surface area contributed by atoms with Crippen LogP contribution >= 0.6 is 0 Å². The molecule has 1 aliphatic rings. The lowest BCUT2D eigenvalue weighted by Gasteiger charge is -2.20. The van der Waals surface area contributed by atoms with E-state index in [1.165, 1.54) is 30.4 Å². The summed E-state index contributed by atoms with van der Waals surface area (Å²) < 4.78 is 0. The topological polar surface area (TPSA) is 12.0 Å². The van der Waals surface area contributed by atoms with Crippen LogP contribution in [0.1, 0.15) is 50.3 Å². The monoisotopic (exact) mass is 217 g/mol. The Hall–Kier alpha value is -0.820. The first-order valence-corrected chi connectivity index (χ1v) is 6.48. The average molecular weight is 217 g/mol. The Balaban J connectivity index is 1.85. The molecule has 2 atom stereocenters. The first kappa shape index (κ1) is 11.7. The number of hydrogen-bond acceptors (Lipinski definition) is 1. The van der Waals surface area contributed by atoms with Gasteiger partial charge in [-0.2, -0.15) is 0 Å². The van der Waals surface area contributed by atoms with Crippen LogP contribution in [0.25, 0.3) is 0 Å². The second-order valence-corrected chi connectivity index (χ2v) is 5.38.